The highest BCUT2D eigenvalue weighted by atomic mass is 32.2. The van der Waals surface area contributed by atoms with Gasteiger partial charge in [0.25, 0.3) is 0 Å². The molecule has 0 fully saturated rings. The first-order valence-electron chi connectivity index (χ1n) is 5.55. The number of aliphatic carboxylic acids is 1. The van der Waals surface area contributed by atoms with Crippen LogP contribution in [0.4, 0.5) is 0 Å². The Bertz CT molecular complexity index is 657. The summed E-state index contributed by atoms with van der Waals surface area (Å²) in [5.74, 6) is -3.19. The Labute approximate surface area is 118 Å². The second kappa shape index (κ2) is 6.12. The van der Waals surface area contributed by atoms with Gasteiger partial charge in [0, 0.05) is 11.0 Å². The van der Waals surface area contributed by atoms with Crippen molar-refractivity contribution in [3.8, 4) is 0 Å². The average molecular weight is 290 g/mol. The standard InChI is InChI=1S/C14H10O5S/c15-11(6-12(16)14(17)18)10-7-19-8-13(10)20-9-4-2-1-3-5-9/h1-8,16H,(H,17,18). The van der Waals surface area contributed by atoms with E-state index in [1.807, 2.05) is 30.3 Å². The molecule has 0 radical (unpaired) electrons. The fourth-order valence-corrected chi connectivity index (χ4v) is 2.33. The van der Waals surface area contributed by atoms with E-state index in [1.165, 1.54) is 24.3 Å². The summed E-state index contributed by atoms with van der Waals surface area (Å²) in [4.78, 5) is 23.8. The van der Waals surface area contributed by atoms with Gasteiger partial charge in [-0.15, -0.1) is 0 Å². The number of rotatable bonds is 5. The number of carboxylic acid groups (broad SMARTS) is 1. The predicted molar refractivity (Wildman–Crippen MR) is 72.0 cm³/mol. The highest BCUT2D eigenvalue weighted by Gasteiger charge is 2.16. The molecule has 0 saturated heterocycles. The molecule has 0 bridgehead atoms. The lowest BCUT2D eigenvalue weighted by Gasteiger charge is -2.00. The highest BCUT2D eigenvalue weighted by molar-refractivity contribution is 7.99. The first-order chi connectivity index (χ1) is 9.58. The molecular weight excluding hydrogens is 280 g/mol. The van der Waals surface area contributed by atoms with Crippen LogP contribution in [0.25, 0.3) is 0 Å². The van der Waals surface area contributed by atoms with Crippen molar-refractivity contribution in [1.29, 1.82) is 0 Å². The third kappa shape index (κ3) is 3.30. The van der Waals surface area contributed by atoms with Gasteiger partial charge in [-0.2, -0.15) is 0 Å². The van der Waals surface area contributed by atoms with Crippen molar-refractivity contribution in [3.05, 3.63) is 60.3 Å². The molecule has 0 aliphatic carbocycles. The number of carbonyl (C=O) groups excluding carboxylic acids is 1. The molecule has 0 unspecified atom stereocenters. The molecule has 20 heavy (non-hydrogen) atoms. The van der Waals surface area contributed by atoms with Crippen LogP contribution in [-0.2, 0) is 4.79 Å². The van der Waals surface area contributed by atoms with Gasteiger partial charge < -0.3 is 14.6 Å². The second-order valence-corrected chi connectivity index (χ2v) is 4.88. The van der Waals surface area contributed by atoms with Crippen LogP contribution in [0.1, 0.15) is 10.4 Å². The van der Waals surface area contributed by atoms with Crippen LogP contribution in [0, 0.1) is 0 Å². The van der Waals surface area contributed by atoms with E-state index >= 15 is 0 Å². The van der Waals surface area contributed by atoms with Gasteiger partial charge in [0.15, 0.2) is 5.78 Å². The second-order valence-electron chi connectivity index (χ2n) is 3.76. The van der Waals surface area contributed by atoms with Gasteiger partial charge in [0.2, 0.25) is 5.76 Å². The number of aliphatic hydroxyl groups is 1. The number of aliphatic hydroxyl groups excluding tert-OH is 1. The van der Waals surface area contributed by atoms with Gasteiger partial charge in [-0.05, 0) is 12.1 Å². The normalized spacial score (nSPS) is 11.3. The van der Waals surface area contributed by atoms with E-state index in [-0.39, 0.29) is 5.56 Å². The van der Waals surface area contributed by atoms with Gasteiger partial charge in [0.1, 0.15) is 12.5 Å². The maximum atomic E-state index is 11.9. The molecule has 0 atom stereocenters. The molecule has 1 heterocycles. The maximum absolute atomic E-state index is 11.9. The smallest absolute Gasteiger partial charge is 0.371 e. The monoisotopic (exact) mass is 290 g/mol. The molecule has 102 valence electrons. The van der Waals surface area contributed by atoms with Crippen molar-refractivity contribution in [2.24, 2.45) is 0 Å². The van der Waals surface area contributed by atoms with Crippen LogP contribution >= 0.6 is 11.8 Å². The SMILES string of the molecule is O=C(O)C(O)=CC(=O)c1cocc1Sc1ccccc1. The topological polar surface area (TPSA) is 87.7 Å². The van der Waals surface area contributed by atoms with Crippen molar-refractivity contribution in [3.63, 3.8) is 0 Å². The van der Waals surface area contributed by atoms with E-state index in [0.29, 0.717) is 11.0 Å². The number of furan rings is 1. The molecule has 1 aromatic heterocycles. The number of ketones is 1. The molecule has 5 nitrogen and oxygen atoms in total. The van der Waals surface area contributed by atoms with Gasteiger partial charge in [0.05, 0.1) is 10.5 Å². The lowest BCUT2D eigenvalue weighted by atomic mass is 10.2. The van der Waals surface area contributed by atoms with Gasteiger partial charge in [-0.1, -0.05) is 30.0 Å². The minimum atomic E-state index is -1.56. The van der Waals surface area contributed by atoms with Gasteiger partial charge >= 0.3 is 5.97 Å². The number of carbonyl (C=O) groups is 2. The zero-order chi connectivity index (χ0) is 14.5. The Morgan fingerprint density at radius 2 is 1.80 bits per heavy atom. The largest absolute Gasteiger partial charge is 0.502 e. The van der Waals surface area contributed by atoms with Crippen LogP contribution in [0.15, 0.2) is 68.9 Å². The van der Waals surface area contributed by atoms with Crippen molar-refractivity contribution in [2.45, 2.75) is 9.79 Å². The Morgan fingerprint density at radius 1 is 1.10 bits per heavy atom. The van der Waals surface area contributed by atoms with E-state index in [9.17, 15) is 9.59 Å². The predicted octanol–water partition coefficient (Wildman–Crippen LogP) is 3.14. The Morgan fingerprint density at radius 3 is 2.45 bits per heavy atom. The Hall–Kier alpha value is -2.47. The number of carboxylic acids is 1. The fourth-order valence-electron chi connectivity index (χ4n) is 1.42. The number of hydrogen-bond donors (Lipinski definition) is 2. The summed E-state index contributed by atoms with van der Waals surface area (Å²) in [7, 11) is 0. The van der Waals surface area contributed by atoms with Crippen LogP contribution in [0.3, 0.4) is 0 Å². The first-order valence-corrected chi connectivity index (χ1v) is 6.37. The van der Waals surface area contributed by atoms with Crippen molar-refractivity contribution in [2.75, 3.05) is 0 Å². The van der Waals surface area contributed by atoms with E-state index in [0.717, 1.165) is 4.90 Å². The third-order valence-corrected chi connectivity index (χ3v) is 3.39. The minimum absolute atomic E-state index is 0.201. The molecule has 0 aliphatic rings. The van der Waals surface area contributed by atoms with Gasteiger partial charge in [-0.25, -0.2) is 4.79 Å². The van der Waals surface area contributed by atoms with Crippen LogP contribution in [0.2, 0.25) is 0 Å². The molecule has 2 rings (SSSR count). The first kappa shape index (κ1) is 14.0. The lowest BCUT2D eigenvalue weighted by molar-refractivity contribution is -0.135. The molecule has 2 aromatic rings. The Balaban J connectivity index is 2.23. The molecule has 1 aromatic carbocycles. The van der Waals surface area contributed by atoms with Crippen LogP contribution < -0.4 is 0 Å². The minimum Gasteiger partial charge on any atom is -0.502 e. The summed E-state index contributed by atoms with van der Waals surface area (Å²) in [6.45, 7) is 0. The zero-order valence-electron chi connectivity index (χ0n) is 10.1. The van der Waals surface area contributed by atoms with E-state index in [4.69, 9.17) is 14.6 Å². The molecule has 0 aliphatic heterocycles. The van der Waals surface area contributed by atoms with E-state index in [1.54, 1.807) is 0 Å². The van der Waals surface area contributed by atoms with E-state index < -0.39 is 17.5 Å². The molecular formula is C14H10O5S. The summed E-state index contributed by atoms with van der Waals surface area (Å²) >= 11 is 1.31. The van der Waals surface area contributed by atoms with Crippen LogP contribution in [0.5, 0.6) is 0 Å². The average Bonchev–Trinajstić information content (AvgIpc) is 2.88. The molecule has 6 heteroatoms. The van der Waals surface area contributed by atoms with Crippen molar-refractivity contribution < 1.29 is 24.2 Å². The molecule has 0 amide bonds. The number of allylic oxidation sites excluding steroid dienone is 1. The van der Waals surface area contributed by atoms with Gasteiger partial charge in [-0.3, -0.25) is 4.79 Å². The van der Waals surface area contributed by atoms with Crippen LogP contribution in [-0.4, -0.2) is 22.0 Å². The number of benzene rings is 1. The summed E-state index contributed by atoms with van der Waals surface area (Å²) < 4.78 is 4.98. The number of hydrogen-bond acceptors (Lipinski definition) is 5. The summed E-state index contributed by atoms with van der Waals surface area (Å²) in [5.41, 5.74) is 0.201. The quantitative estimate of drug-likeness (QED) is 0.499. The summed E-state index contributed by atoms with van der Waals surface area (Å²) in [5, 5.41) is 17.6. The molecule has 0 saturated carbocycles. The van der Waals surface area contributed by atoms with Crippen molar-refractivity contribution >= 4 is 23.5 Å². The molecule has 0 spiro atoms. The maximum Gasteiger partial charge on any atom is 0.371 e. The highest BCUT2D eigenvalue weighted by Crippen LogP contribution is 2.31. The lowest BCUT2D eigenvalue weighted by Crippen LogP contribution is -2.03. The Kier molecular flexibility index (Phi) is 4.27. The third-order valence-electron chi connectivity index (χ3n) is 2.35. The summed E-state index contributed by atoms with van der Waals surface area (Å²) in [6, 6.07) is 9.34. The summed E-state index contributed by atoms with van der Waals surface area (Å²) in [6.07, 6.45) is 3.28. The van der Waals surface area contributed by atoms with Crippen molar-refractivity contribution in [1.82, 2.24) is 0 Å². The zero-order valence-corrected chi connectivity index (χ0v) is 11.0. The fraction of sp³-hybridized carbons (Fsp3) is 0. The molecule has 2 N–H and O–H groups in total. The van der Waals surface area contributed by atoms with E-state index in [2.05, 4.69) is 0 Å².